The van der Waals surface area contributed by atoms with Crippen LogP contribution in [0.4, 0.5) is 0 Å². The third-order valence-corrected chi connectivity index (χ3v) is 2.40. The van der Waals surface area contributed by atoms with Crippen LogP contribution in [0, 0.1) is 0 Å². The molecule has 1 aromatic heterocycles. The molecule has 0 bridgehead atoms. The molecule has 16 heavy (non-hydrogen) atoms. The van der Waals surface area contributed by atoms with Crippen LogP contribution in [0.3, 0.4) is 0 Å². The number of aromatic nitrogens is 1. The van der Waals surface area contributed by atoms with Gasteiger partial charge in [0.1, 0.15) is 5.69 Å². The molecule has 2 rings (SSSR count). The summed E-state index contributed by atoms with van der Waals surface area (Å²) in [6.07, 6.45) is 4.29. The first kappa shape index (κ1) is 13.8. The molecule has 0 aliphatic heterocycles. The number of nitrogens with zero attached hydrogens (tertiary/aromatic N) is 1. The summed E-state index contributed by atoms with van der Waals surface area (Å²) in [6.45, 7) is 0. The fourth-order valence-corrected chi connectivity index (χ4v) is 1.70. The number of hydrogen-bond donors (Lipinski definition) is 1. The van der Waals surface area contributed by atoms with E-state index < -0.39 is 5.97 Å². The first-order valence-electron chi connectivity index (χ1n) is 4.74. The topological polar surface area (TPSA) is 50.2 Å². The summed E-state index contributed by atoms with van der Waals surface area (Å²) in [7, 11) is 9.47. The van der Waals surface area contributed by atoms with Crippen LogP contribution in [0.15, 0.2) is 12.1 Å². The van der Waals surface area contributed by atoms with Gasteiger partial charge in [-0.1, -0.05) is 6.07 Å². The Morgan fingerprint density at radius 2 is 1.94 bits per heavy atom. The van der Waals surface area contributed by atoms with Crippen LogP contribution >= 0.6 is 20.3 Å². The third-order valence-electron chi connectivity index (χ3n) is 2.40. The normalized spacial score (nSPS) is 13.6. The number of carbonyl (C=O) groups is 1. The zero-order chi connectivity index (χ0) is 12.0. The Balaban J connectivity index is 0.000000386. The SMILES string of the molecule is O=C(O)c1ccc2c(n1)CCCC2.[Cl][Co][Cl]. The van der Waals surface area contributed by atoms with Crippen LogP contribution in [0.2, 0.25) is 0 Å². The Morgan fingerprint density at radius 3 is 2.56 bits per heavy atom. The van der Waals surface area contributed by atoms with Crippen molar-refractivity contribution in [2.75, 3.05) is 0 Å². The molecule has 0 saturated heterocycles. The fraction of sp³-hybridized carbons (Fsp3) is 0.400. The fourth-order valence-electron chi connectivity index (χ4n) is 1.70. The van der Waals surface area contributed by atoms with Gasteiger partial charge >= 0.3 is 39.2 Å². The van der Waals surface area contributed by atoms with E-state index in [0.717, 1.165) is 25.0 Å². The van der Waals surface area contributed by atoms with E-state index in [-0.39, 0.29) is 5.69 Å². The van der Waals surface area contributed by atoms with Crippen LogP contribution in [-0.4, -0.2) is 16.1 Å². The van der Waals surface area contributed by atoms with E-state index in [0.29, 0.717) is 12.9 Å². The maximum absolute atomic E-state index is 10.6. The van der Waals surface area contributed by atoms with E-state index >= 15 is 0 Å². The second kappa shape index (κ2) is 7.11. The molecule has 0 aromatic carbocycles. The molecule has 1 aliphatic carbocycles. The predicted molar refractivity (Wildman–Crippen MR) is 59.5 cm³/mol. The molecule has 0 unspecified atom stereocenters. The summed E-state index contributed by atoms with van der Waals surface area (Å²) in [4.78, 5) is 14.7. The van der Waals surface area contributed by atoms with Crippen molar-refractivity contribution in [1.82, 2.24) is 4.98 Å². The van der Waals surface area contributed by atoms with Gasteiger partial charge in [0.05, 0.1) is 0 Å². The molecule has 3 nitrogen and oxygen atoms in total. The van der Waals surface area contributed by atoms with Crippen molar-refractivity contribution in [1.29, 1.82) is 0 Å². The number of halogens is 2. The number of aryl methyl sites for hydroxylation is 2. The molecule has 0 spiro atoms. The molecule has 6 heteroatoms. The van der Waals surface area contributed by atoms with Crippen molar-refractivity contribution in [3.05, 3.63) is 29.1 Å². The van der Waals surface area contributed by atoms with Gasteiger partial charge in [0, 0.05) is 5.69 Å². The van der Waals surface area contributed by atoms with Crippen molar-refractivity contribution in [2.45, 2.75) is 25.7 Å². The van der Waals surface area contributed by atoms with E-state index in [2.05, 4.69) is 4.98 Å². The van der Waals surface area contributed by atoms with Gasteiger partial charge < -0.3 is 5.11 Å². The zero-order valence-electron chi connectivity index (χ0n) is 8.38. The van der Waals surface area contributed by atoms with E-state index in [4.69, 9.17) is 25.4 Å². The van der Waals surface area contributed by atoms with Gasteiger partial charge in [0.15, 0.2) is 0 Å². The molecule has 1 heterocycles. The summed E-state index contributed by atoms with van der Waals surface area (Å²) in [5.41, 5.74) is 2.36. The van der Waals surface area contributed by atoms with Gasteiger partial charge in [0.25, 0.3) is 0 Å². The van der Waals surface area contributed by atoms with E-state index in [9.17, 15) is 4.79 Å². The molecule has 1 aromatic rings. The van der Waals surface area contributed by atoms with Crippen molar-refractivity contribution >= 4 is 26.3 Å². The first-order chi connectivity index (χ1) is 7.69. The number of pyridine rings is 1. The predicted octanol–water partition coefficient (Wildman–Crippen LogP) is 3.04. The van der Waals surface area contributed by atoms with Gasteiger partial charge in [-0.05, 0) is 37.3 Å². The van der Waals surface area contributed by atoms with Crippen molar-refractivity contribution < 1.29 is 22.8 Å². The summed E-state index contributed by atoms with van der Waals surface area (Å²) in [6, 6.07) is 3.48. The molecule has 0 saturated carbocycles. The average Bonchev–Trinajstić information content (AvgIpc) is 2.29. The molecule has 0 radical (unpaired) electrons. The van der Waals surface area contributed by atoms with Crippen molar-refractivity contribution in [3.8, 4) is 0 Å². The molecule has 0 fully saturated rings. The summed E-state index contributed by atoms with van der Waals surface area (Å²) >= 11 is 0.382. The first-order valence-corrected chi connectivity index (χ1v) is 7.61. The second-order valence-corrected chi connectivity index (χ2v) is 5.08. The molecule has 91 valence electrons. The Morgan fingerprint density at radius 1 is 1.31 bits per heavy atom. The van der Waals surface area contributed by atoms with Crippen molar-refractivity contribution in [2.24, 2.45) is 0 Å². The van der Waals surface area contributed by atoms with Crippen LogP contribution in [0.5, 0.6) is 0 Å². The average molecular weight is 307 g/mol. The number of carboxylic acids is 1. The van der Waals surface area contributed by atoms with Gasteiger partial charge in [0.2, 0.25) is 0 Å². The van der Waals surface area contributed by atoms with Gasteiger partial charge in [-0.3, -0.25) is 0 Å². The van der Waals surface area contributed by atoms with Gasteiger partial charge in [-0.25, -0.2) is 9.78 Å². The van der Waals surface area contributed by atoms with Crippen LogP contribution < -0.4 is 0 Å². The summed E-state index contributed by atoms with van der Waals surface area (Å²) in [5, 5.41) is 8.72. The summed E-state index contributed by atoms with van der Waals surface area (Å²) < 4.78 is 0. The Labute approximate surface area is 109 Å². The van der Waals surface area contributed by atoms with E-state index in [1.54, 1.807) is 6.07 Å². The minimum absolute atomic E-state index is 0.167. The molecular weight excluding hydrogens is 296 g/mol. The zero-order valence-corrected chi connectivity index (χ0v) is 10.9. The summed E-state index contributed by atoms with van der Waals surface area (Å²) in [5.74, 6) is -0.937. The van der Waals surface area contributed by atoms with Gasteiger partial charge in [-0.2, -0.15) is 0 Å². The number of rotatable bonds is 1. The Bertz CT molecular complexity index is 374. The van der Waals surface area contributed by atoms with E-state index in [1.165, 1.54) is 12.0 Å². The molecular formula is C10H11Cl2CoNO2. The maximum atomic E-state index is 10.6. The quantitative estimate of drug-likeness (QED) is 0.867. The van der Waals surface area contributed by atoms with Crippen LogP contribution in [-0.2, 0) is 25.7 Å². The molecule has 1 aliphatic rings. The van der Waals surface area contributed by atoms with Gasteiger partial charge in [-0.15, -0.1) is 0 Å². The van der Waals surface area contributed by atoms with Crippen molar-refractivity contribution in [3.63, 3.8) is 0 Å². The molecule has 0 amide bonds. The standard InChI is InChI=1S/C10H11NO2.2ClH.Co/c12-10(13)9-6-5-7-3-1-2-4-8(7)11-9;;;/h5-6H,1-4H2,(H,12,13);2*1H;/q;;;+2/p-2. The van der Waals surface area contributed by atoms with Crippen LogP contribution in [0.25, 0.3) is 0 Å². The Hall–Kier alpha value is -0.294. The Kier molecular flexibility index (Phi) is 6.12. The number of fused-ring (bicyclic) bond motifs is 1. The number of aromatic carboxylic acids is 1. The molecule has 0 atom stereocenters. The molecule has 1 N–H and O–H groups in total. The second-order valence-electron chi connectivity index (χ2n) is 3.36. The van der Waals surface area contributed by atoms with E-state index in [1.807, 2.05) is 6.07 Å². The monoisotopic (exact) mass is 306 g/mol. The minimum atomic E-state index is -0.937. The number of hydrogen-bond acceptors (Lipinski definition) is 2. The number of carboxylic acid groups (broad SMARTS) is 1. The van der Waals surface area contributed by atoms with Crippen LogP contribution in [0.1, 0.15) is 34.6 Å². The third kappa shape index (κ3) is 3.94.